The first-order valence-corrected chi connectivity index (χ1v) is 6.79. The van der Waals surface area contributed by atoms with Crippen LogP contribution in [0.5, 0.6) is 0 Å². The Hall–Kier alpha value is -1.26. The Morgan fingerprint density at radius 2 is 2.19 bits per heavy atom. The highest BCUT2D eigenvalue weighted by Gasteiger charge is 2.23. The van der Waals surface area contributed by atoms with Gasteiger partial charge in [-0.25, -0.2) is 4.98 Å². The number of hydrogen-bond donors (Lipinski definition) is 0. The van der Waals surface area contributed by atoms with E-state index in [-0.39, 0.29) is 17.7 Å². The van der Waals surface area contributed by atoms with Crippen molar-refractivity contribution < 1.29 is 14.0 Å². The number of nitrogens with zero attached hydrogens (tertiary/aromatic N) is 2. The Kier molecular flexibility index (Phi) is 3.78. The molecule has 0 fully saturated rings. The molecule has 1 atom stereocenters. The van der Waals surface area contributed by atoms with E-state index in [4.69, 9.17) is 4.52 Å². The molecule has 0 saturated heterocycles. The third-order valence-electron chi connectivity index (χ3n) is 1.93. The van der Waals surface area contributed by atoms with E-state index < -0.39 is 12.3 Å². The Morgan fingerprint density at radius 1 is 1.56 bits per heavy atom. The third-order valence-corrected chi connectivity index (χ3v) is 3.74. The summed E-state index contributed by atoms with van der Waals surface area (Å²) in [4.78, 5) is 14.1. The summed E-state index contributed by atoms with van der Waals surface area (Å²) in [6.07, 6.45) is 0. The fourth-order valence-corrected chi connectivity index (χ4v) is 2.59. The molecule has 0 N–H and O–H groups in total. The zero-order valence-corrected chi connectivity index (χ0v) is 10.2. The fourth-order valence-electron chi connectivity index (χ4n) is 1.26. The van der Waals surface area contributed by atoms with E-state index in [1.165, 1.54) is 18.8 Å². The first-order chi connectivity index (χ1) is 7.36. The molecule has 0 aliphatic heterocycles. The Labute approximate surface area is 93.3 Å². The van der Waals surface area contributed by atoms with Gasteiger partial charge in [-0.15, -0.1) is 0 Å². The predicted octanol–water partition coefficient (Wildman–Crippen LogP) is 1.87. The average molecular weight is 244 g/mol. The van der Waals surface area contributed by atoms with Crippen LogP contribution < -0.4 is 5.44 Å². The lowest BCUT2D eigenvalue weighted by atomic mass is 10.3. The Balaban J connectivity index is 3.24. The summed E-state index contributed by atoms with van der Waals surface area (Å²) < 4.78 is 17.1. The lowest BCUT2D eigenvalue weighted by Gasteiger charge is -2.11. The Bertz CT molecular complexity index is 461. The average Bonchev–Trinajstić information content (AvgIpc) is 2.16. The summed E-state index contributed by atoms with van der Waals surface area (Å²) >= 11 is 0. The van der Waals surface area contributed by atoms with E-state index in [1.807, 2.05) is 0 Å². The standard InChI is InChI=1S/C9H13N2O4P/c1-4-15-16(3,14)9-6-8(11(12)13)5-7(2)10-9/h5-6H,4H2,1-3H3. The van der Waals surface area contributed by atoms with Crippen molar-refractivity contribution in [1.29, 1.82) is 0 Å². The summed E-state index contributed by atoms with van der Waals surface area (Å²) in [5.74, 6) is 0. The third kappa shape index (κ3) is 2.87. The van der Waals surface area contributed by atoms with Gasteiger partial charge >= 0.3 is 0 Å². The number of rotatable bonds is 4. The summed E-state index contributed by atoms with van der Waals surface area (Å²) in [5.41, 5.74) is 0.469. The molecule has 0 saturated carbocycles. The van der Waals surface area contributed by atoms with Crippen molar-refractivity contribution in [2.24, 2.45) is 0 Å². The van der Waals surface area contributed by atoms with Gasteiger partial charge in [-0.1, -0.05) is 0 Å². The summed E-state index contributed by atoms with van der Waals surface area (Å²) in [6.45, 7) is 5.00. The molecular weight excluding hydrogens is 231 g/mol. The van der Waals surface area contributed by atoms with E-state index in [2.05, 4.69) is 4.98 Å². The number of aromatic nitrogens is 1. The predicted molar refractivity (Wildman–Crippen MR) is 60.4 cm³/mol. The molecule has 6 nitrogen and oxygen atoms in total. The smallest absolute Gasteiger partial charge is 0.273 e. The highest BCUT2D eigenvalue weighted by molar-refractivity contribution is 7.65. The van der Waals surface area contributed by atoms with E-state index in [1.54, 1.807) is 13.8 Å². The van der Waals surface area contributed by atoms with Crippen molar-refractivity contribution >= 4 is 18.5 Å². The quantitative estimate of drug-likeness (QED) is 0.458. The molecule has 1 rings (SSSR count). The van der Waals surface area contributed by atoms with Crippen molar-refractivity contribution in [3.8, 4) is 0 Å². The van der Waals surface area contributed by atoms with E-state index in [9.17, 15) is 14.7 Å². The molecule has 0 radical (unpaired) electrons. The summed E-state index contributed by atoms with van der Waals surface area (Å²) in [7, 11) is -3.05. The van der Waals surface area contributed by atoms with Crippen molar-refractivity contribution in [2.45, 2.75) is 13.8 Å². The summed E-state index contributed by atoms with van der Waals surface area (Å²) in [6, 6.07) is 2.53. The zero-order valence-electron chi connectivity index (χ0n) is 9.34. The molecule has 0 amide bonds. The molecule has 0 spiro atoms. The number of nitro groups is 1. The molecule has 0 aliphatic carbocycles. The van der Waals surface area contributed by atoms with Gasteiger partial charge in [-0.2, -0.15) is 0 Å². The van der Waals surface area contributed by atoms with Gasteiger partial charge < -0.3 is 4.52 Å². The molecule has 88 valence electrons. The molecule has 0 bridgehead atoms. The largest absolute Gasteiger partial charge is 0.325 e. The topological polar surface area (TPSA) is 82.3 Å². The van der Waals surface area contributed by atoms with Gasteiger partial charge in [0.15, 0.2) is 0 Å². The normalized spacial score (nSPS) is 14.4. The van der Waals surface area contributed by atoms with Crippen molar-refractivity contribution in [1.82, 2.24) is 4.98 Å². The Morgan fingerprint density at radius 3 is 2.69 bits per heavy atom. The molecule has 0 aliphatic rings. The second kappa shape index (κ2) is 4.72. The lowest BCUT2D eigenvalue weighted by Crippen LogP contribution is -2.13. The van der Waals surface area contributed by atoms with Crippen LogP contribution in [-0.2, 0) is 9.09 Å². The molecule has 7 heteroatoms. The van der Waals surface area contributed by atoms with Gasteiger partial charge in [0.2, 0.25) is 7.37 Å². The molecule has 16 heavy (non-hydrogen) atoms. The maximum Gasteiger partial charge on any atom is 0.273 e. The van der Waals surface area contributed by atoms with Crippen LogP contribution in [0.4, 0.5) is 5.69 Å². The molecule has 1 aromatic rings. The highest BCUT2D eigenvalue weighted by atomic mass is 31.2. The van der Waals surface area contributed by atoms with Gasteiger partial charge in [0.25, 0.3) is 5.69 Å². The minimum atomic E-state index is -3.05. The van der Waals surface area contributed by atoms with Gasteiger partial charge in [0, 0.05) is 24.5 Å². The van der Waals surface area contributed by atoms with E-state index in [0.717, 1.165) is 0 Å². The van der Waals surface area contributed by atoms with Gasteiger partial charge in [-0.05, 0) is 13.8 Å². The molecule has 0 aromatic carbocycles. The SMILES string of the molecule is CCOP(C)(=O)c1cc([N+](=O)[O-])cc(C)n1. The van der Waals surface area contributed by atoms with Crippen molar-refractivity contribution in [3.05, 3.63) is 27.9 Å². The molecule has 1 heterocycles. The zero-order chi connectivity index (χ0) is 12.3. The fraction of sp³-hybridized carbons (Fsp3) is 0.444. The number of pyridine rings is 1. The van der Waals surface area contributed by atoms with Crippen LogP contribution in [-0.4, -0.2) is 23.2 Å². The van der Waals surface area contributed by atoms with Crippen LogP contribution in [0, 0.1) is 17.0 Å². The molecular formula is C9H13N2O4P. The maximum atomic E-state index is 12.0. The van der Waals surface area contributed by atoms with Crippen LogP contribution in [0.25, 0.3) is 0 Å². The van der Waals surface area contributed by atoms with Crippen LogP contribution in [0.15, 0.2) is 12.1 Å². The second-order valence-electron chi connectivity index (χ2n) is 3.35. The first-order valence-electron chi connectivity index (χ1n) is 4.72. The van der Waals surface area contributed by atoms with Crippen molar-refractivity contribution in [2.75, 3.05) is 13.3 Å². The molecule has 1 aromatic heterocycles. The van der Waals surface area contributed by atoms with Crippen LogP contribution in [0.1, 0.15) is 12.6 Å². The lowest BCUT2D eigenvalue weighted by molar-refractivity contribution is -0.384. The van der Waals surface area contributed by atoms with Crippen molar-refractivity contribution in [3.63, 3.8) is 0 Å². The van der Waals surface area contributed by atoms with Crippen LogP contribution >= 0.6 is 7.37 Å². The maximum absolute atomic E-state index is 12.0. The second-order valence-corrected chi connectivity index (χ2v) is 5.75. The summed E-state index contributed by atoms with van der Waals surface area (Å²) in [5, 5.41) is 10.6. The number of aryl methyl sites for hydroxylation is 1. The monoisotopic (exact) mass is 244 g/mol. The number of hydrogen-bond acceptors (Lipinski definition) is 5. The molecule has 1 unspecified atom stereocenters. The minimum Gasteiger partial charge on any atom is -0.325 e. The van der Waals surface area contributed by atoms with Crippen LogP contribution in [0.3, 0.4) is 0 Å². The van der Waals surface area contributed by atoms with Crippen LogP contribution in [0.2, 0.25) is 0 Å². The van der Waals surface area contributed by atoms with Gasteiger partial charge in [-0.3, -0.25) is 14.7 Å². The minimum absolute atomic E-state index is 0.121. The highest BCUT2D eigenvalue weighted by Crippen LogP contribution is 2.40. The van der Waals surface area contributed by atoms with E-state index in [0.29, 0.717) is 5.69 Å². The van der Waals surface area contributed by atoms with Gasteiger partial charge in [0.05, 0.1) is 11.5 Å². The van der Waals surface area contributed by atoms with E-state index >= 15 is 0 Å². The van der Waals surface area contributed by atoms with Gasteiger partial charge in [0.1, 0.15) is 5.44 Å². The first kappa shape index (κ1) is 12.8.